The largest absolute Gasteiger partial charge is 0.450 e. The Morgan fingerprint density at radius 1 is 1.25 bits per heavy atom. The molecule has 0 unspecified atom stereocenters. The smallest absolute Gasteiger partial charge is 0.313 e. The van der Waals surface area contributed by atoms with E-state index in [0.29, 0.717) is 11.3 Å². The first-order valence-electron chi connectivity index (χ1n) is 5.83. The van der Waals surface area contributed by atoms with E-state index >= 15 is 0 Å². The van der Waals surface area contributed by atoms with Crippen molar-refractivity contribution >= 4 is 17.3 Å². The Morgan fingerprint density at radius 2 is 1.95 bits per heavy atom. The molecule has 0 atom stereocenters. The maximum atomic E-state index is 11.0. The van der Waals surface area contributed by atoms with Gasteiger partial charge in [0.2, 0.25) is 5.75 Å². The number of nitro groups is 1. The number of hydrogen-bond donors (Lipinski definition) is 1. The van der Waals surface area contributed by atoms with Crippen LogP contribution in [-0.2, 0) is 6.61 Å². The third-order valence-electron chi connectivity index (χ3n) is 2.72. The van der Waals surface area contributed by atoms with Crippen LogP contribution in [-0.4, -0.2) is 10.0 Å². The lowest BCUT2D eigenvalue weighted by Crippen LogP contribution is -1.96. The van der Waals surface area contributed by atoms with Crippen molar-refractivity contribution in [2.45, 2.75) is 13.5 Å². The van der Waals surface area contributed by atoms with E-state index in [4.69, 9.17) is 16.3 Å². The second-order valence-corrected chi connectivity index (χ2v) is 4.68. The molecular formula is C14H12ClNO4. The van der Waals surface area contributed by atoms with Gasteiger partial charge in [0.1, 0.15) is 5.75 Å². The van der Waals surface area contributed by atoms with Gasteiger partial charge in [-0.2, -0.15) is 0 Å². The fourth-order valence-electron chi connectivity index (χ4n) is 1.77. The van der Waals surface area contributed by atoms with E-state index in [1.165, 1.54) is 18.2 Å². The summed E-state index contributed by atoms with van der Waals surface area (Å²) in [4.78, 5) is 10.4. The first kappa shape index (κ1) is 14.3. The number of rotatable bonds is 4. The average molecular weight is 294 g/mol. The van der Waals surface area contributed by atoms with Crippen LogP contribution in [0.5, 0.6) is 11.5 Å². The second kappa shape index (κ2) is 5.90. The van der Waals surface area contributed by atoms with E-state index in [2.05, 4.69) is 0 Å². The van der Waals surface area contributed by atoms with Gasteiger partial charge in [-0.3, -0.25) is 10.1 Å². The van der Waals surface area contributed by atoms with Gasteiger partial charge >= 0.3 is 5.69 Å². The first-order chi connectivity index (χ1) is 9.51. The topological polar surface area (TPSA) is 72.6 Å². The number of aryl methyl sites for hydroxylation is 1. The van der Waals surface area contributed by atoms with Gasteiger partial charge in [-0.25, -0.2) is 0 Å². The number of ether oxygens (including phenoxy) is 1. The lowest BCUT2D eigenvalue weighted by atomic mass is 10.1. The Labute approximate surface area is 120 Å². The maximum Gasteiger partial charge on any atom is 0.313 e. The SMILES string of the molecule is Cc1ccc(Oc2ccc(Cl)cc2[N+](=O)[O-])c(CO)c1. The minimum Gasteiger partial charge on any atom is -0.450 e. The zero-order chi connectivity index (χ0) is 14.7. The van der Waals surface area contributed by atoms with Crippen LogP contribution in [0.3, 0.4) is 0 Å². The van der Waals surface area contributed by atoms with Crippen LogP contribution >= 0.6 is 11.6 Å². The monoisotopic (exact) mass is 293 g/mol. The highest BCUT2D eigenvalue weighted by atomic mass is 35.5. The molecule has 1 N–H and O–H groups in total. The lowest BCUT2D eigenvalue weighted by Gasteiger charge is -2.10. The molecule has 0 fully saturated rings. The normalized spacial score (nSPS) is 10.3. The summed E-state index contributed by atoms with van der Waals surface area (Å²) in [5.41, 5.74) is 1.31. The summed E-state index contributed by atoms with van der Waals surface area (Å²) in [5, 5.41) is 20.6. The lowest BCUT2D eigenvalue weighted by molar-refractivity contribution is -0.385. The van der Waals surface area contributed by atoms with E-state index in [0.717, 1.165) is 5.56 Å². The summed E-state index contributed by atoms with van der Waals surface area (Å²) in [7, 11) is 0. The van der Waals surface area contributed by atoms with Gasteiger partial charge in [-0.05, 0) is 25.1 Å². The van der Waals surface area contributed by atoms with Crippen LogP contribution < -0.4 is 4.74 Å². The van der Waals surface area contributed by atoms with Crippen LogP contribution in [0.25, 0.3) is 0 Å². The molecular weight excluding hydrogens is 282 g/mol. The summed E-state index contributed by atoms with van der Waals surface area (Å²) in [6.45, 7) is 1.67. The molecule has 0 aliphatic rings. The molecule has 2 aromatic rings. The van der Waals surface area contributed by atoms with Crippen molar-refractivity contribution in [2.75, 3.05) is 0 Å². The third kappa shape index (κ3) is 3.07. The Morgan fingerprint density at radius 3 is 2.60 bits per heavy atom. The van der Waals surface area contributed by atoms with Crippen molar-refractivity contribution in [1.29, 1.82) is 0 Å². The van der Waals surface area contributed by atoms with Crippen molar-refractivity contribution in [1.82, 2.24) is 0 Å². The van der Waals surface area contributed by atoms with E-state index in [1.807, 2.05) is 6.92 Å². The van der Waals surface area contributed by atoms with Crippen molar-refractivity contribution < 1.29 is 14.8 Å². The Kier molecular flexibility index (Phi) is 4.22. The van der Waals surface area contributed by atoms with Crippen LogP contribution in [0.4, 0.5) is 5.69 Å². The van der Waals surface area contributed by atoms with Gasteiger partial charge < -0.3 is 9.84 Å². The molecule has 0 saturated heterocycles. The highest BCUT2D eigenvalue weighted by Crippen LogP contribution is 2.35. The average Bonchev–Trinajstić information content (AvgIpc) is 2.42. The van der Waals surface area contributed by atoms with Gasteiger partial charge in [0.25, 0.3) is 0 Å². The molecule has 0 aromatic heterocycles. The third-order valence-corrected chi connectivity index (χ3v) is 2.96. The number of aliphatic hydroxyl groups is 1. The first-order valence-corrected chi connectivity index (χ1v) is 6.21. The van der Waals surface area contributed by atoms with E-state index in [9.17, 15) is 15.2 Å². The number of aliphatic hydroxyl groups excluding tert-OH is 1. The molecule has 0 radical (unpaired) electrons. The summed E-state index contributed by atoms with van der Waals surface area (Å²) in [6, 6.07) is 9.40. The van der Waals surface area contributed by atoms with E-state index < -0.39 is 4.92 Å². The van der Waals surface area contributed by atoms with E-state index in [1.54, 1.807) is 18.2 Å². The molecule has 20 heavy (non-hydrogen) atoms. The standard InChI is InChI=1S/C14H12ClNO4/c1-9-2-4-13(10(6-9)8-17)20-14-5-3-11(15)7-12(14)16(18)19/h2-7,17H,8H2,1H3. The quantitative estimate of drug-likeness (QED) is 0.686. The Bertz CT molecular complexity index is 658. The second-order valence-electron chi connectivity index (χ2n) is 4.24. The van der Waals surface area contributed by atoms with Crippen LogP contribution in [0.2, 0.25) is 5.02 Å². The summed E-state index contributed by atoms with van der Waals surface area (Å²) >= 11 is 5.74. The number of nitro benzene ring substituents is 1. The molecule has 0 heterocycles. The van der Waals surface area contributed by atoms with Crippen molar-refractivity contribution in [3.05, 3.63) is 62.7 Å². The van der Waals surface area contributed by atoms with Crippen molar-refractivity contribution in [3.8, 4) is 11.5 Å². The minimum absolute atomic E-state index is 0.0814. The van der Waals surface area contributed by atoms with Gasteiger partial charge in [-0.1, -0.05) is 29.3 Å². The molecule has 2 rings (SSSR count). The maximum absolute atomic E-state index is 11.0. The molecule has 0 aliphatic heterocycles. The van der Waals surface area contributed by atoms with Crippen LogP contribution in [0.15, 0.2) is 36.4 Å². The van der Waals surface area contributed by atoms with Crippen LogP contribution in [0.1, 0.15) is 11.1 Å². The fraction of sp³-hybridized carbons (Fsp3) is 0.143. The molecule has 5 nitrogen and oxygen atoms in total. The van der Waals surface area contributed by atoms with Gasteiger partial charge in [0.05, 0.1) is 11.5 Å². The van der Waals surface area contributed by atoms with Gasteiger partial charge in [0, 0.05) is 16.7 Å². The summed E-state index contributed by atoms with van der Waals surface area (Å²) < 4.78 is 5.54. The highest BCUT2D eigenvalue weighted by molar-refractivity contribution is 6.30. The Balaban J connectivity index is 2.42. The highest BCUT2D eigenvalue weighted by Gasteiger charge is 2.17. The number of benzene rings is 2. The van der Waals surface area contributed by atoms with Crippen molar-refractivity contribution in [2.24, 2.45) is 0 Å². The Hall–Kier alpha value is -2.11. The fourth-order valence-corrected chi connectivity index (χ4v) is 1.94. The van der Waals surface area contributed by atoms with E-state index in [-0.39, 0.29) is 23.1 Å². The summed E-state index contributed by atoms with van der Waals surface area (Å²) in [5.74, 6) is 0.460. The molecule has 0 saturated carbocycles. The molecule has 104 valence electrons. The molecule has 0 amide bonds. The van der Waals surface area contributed by atoms with Gasteiger partial charge in [0.15, 0.2) is 0 Å². The predicted molar refractivity (Wildman–Crippen MR) is 75.3 cm³/mol. The molecule has 6 heteroatoms. The minimum atomic E-state index is -0.561. The van der Waals surface area contributed by atoms with Crippen LogP contribution in [0, 0.1) is 17.0 Å². The molecule has 0 spiro atoms. The molecule has 0 aliphatic carbocycles. The zero-order valence-electron chi connectivity index (χ0n) is 10.7. The number of nitrogens with zero attached hydrogens (tertiary/aromatic N) is 1. The zero-order valence-corrected chi connectivity index (χ0v) is 11.4. The summed E-state index contributed by atoms with van der Waals surface area (Å²) in [6.07, 6.45) is 0. The molecule has 2 aromatic carbocycles. The molecule has 0 bridgehead atoms. The van der Waals surface area contributed by atoms with Gasteiger partial charge in [-0.15, -0.1) is 0 Å². The number of halogens is 1. The predicted octanol–water partition coefficient (Wildman–Crippen LogP) is 3.84. The number of hydrogen-bond acceptors (Lipinski definition) is 4. The van der Waals surface area contributed by atoms with Crippen molar-refractivity contribution in [3.63, 3.8) is 0 Å².